The van der Waals surface area contributed by atoms with E-state index in [1.54, 1.807) is 22.9 Å². The van der Waals surface area contributed by atoms with E-state index < -0.39 is 0 Å². The number of nitrogens with one attached hydrogen (secondary N) is 1. The maximum atomic E-state index is 13.4. The summed E-state index contributed by atoms with van der Waals surface area (Å²) < 4.78 is 15.0. The van der Waals surface area contributed by atoms with Crippen molar-refractivity contribution in [3.8, 4) is 5.69 Å². The molecule has 0 spiro atoms. The normalized spacial score (nSPS) is 11.2. The number of aromatic amines is 1. The van der Waals surface area contributed by atoms with Gasteiger partial charge < -0.3 is 4.98 Å². The molecule has 0 radical (unpaired) electrons. The van der Waals surface area contributed by atoms with Crippen molar-refractivity contribution in [1.82, 2.24) is 14.8 Å². The Morgan fingerprint density at radius 1 is 1.33 bits per heavy atom. The monoisotopic (exact) mass is 285 g/mol. The topological polar surface area (TPSA) is 50.7 Å². The molecule has 3 aromatic rings. The summed E-state index contributed by atoms with van der Waals surface area (Å²) in [5.41, 5.74) is 2.86. The highest BCUT2D eigenvalue weighted by Gasteiger charge is 2.14. The maximum Gasteiger partial charge on any atom is 0.249 e. The predicted molar refractivity (Wildman–Crippen MR) is 80.4 cm³/mol. The minimum atomic E-state index is -0.333. The van der Waals surface area contributed by atoms with E-state index in [0.717, 1.165) is 29.5 Å². The van der Waals surface area contributed by atoms with Crippen LogP contribution in [-0.2, 0) is 6.42 Å². The van der Waals surface area contributed by atoms with Gasteiger partial charge in [0.25, 0.3) is 0 Å². The first-order chi connectivity index (χ1) is 10.1. The molecule has 0 unspecified atom stereocenters. The molecule has 2 heterocycles. The average molecular weight is 285 g/mol. The third-order valence-electron chi connectivity index (χ3n) is 3.50. The molecule has 0 saturated carbocycles. The van der Waals surface area contributed by atoms with Crippen LogP contribution in [0.25, 0.3) is 16.7 Å². The first kappa shape index (κ1) is 13.5. The second-order valence-electron chi connectivity index (χ2n) is 5.11. The quantitative estimate of drug-likeness (QED) is 0.804. The summed E-state index contributed by atoms with van der Waals surface area (Å²) in [5.74, 6) is -0.333. The van der Waals surface area contributed by atoms with Crippen LogP contribution >= 0.6 is 0 Å². The maximum absolute atomic E-state index is 13.4. The van der Waals surface area contributed by atoms with E-state index in [4.69, 9.17) is 0 Å². The Labute approximate surface area is 121 Å². The van der Waals surface area contributed by atoms with Crippen LogP contribution in [0.15, 0.2) is 35.1 Å². The average Bonchev–Trinajstić information content (AvgIpc) is 2.76. The van der Waals surface area contributed by atoms with Gasteiger partial charge in [-0.05, 0) is 37.1 Å². The highest BCUT2D eigenvalue weighted by Crippen LogP contribution is 2.23. The molecule has 0 amide bonds. The molecule has 0 saturated heterocycles. The molecule has 0 bridgehead atoms. The molecule has 0 aliphatic heterocycles. The minimum absolute atomic E-state index is 0.163. The number of aryl methyl sites for hydroxylation is 2. The van der Waals surface area contributed by atoms with Gasteiger partial charge in [0.15, 0.2) is 0 Å². The third kappa shape index (κ3) is 2.35. The third-order valence-corrected chi connectivity index (χ3v) is 3.50. The van der Waals surface area contributed by atoms with Crippen LogP contribution < -0.4 is 5.56 Å². The van der Waals surface area contributed by atoms with Gasteiger partial charge >= 0.3 is 0 Å². The Hall–Kier alpha value is -2.43. The summed E-state index contributed by atoms with van der Waals surface area (Å²) in [7, 11) is 0. The summed E-state index contributed by atoms with van der Waals surface area (Å²) in [5, 5.41) is 5.41. The van der Waals surface area contributed by atoms with Gasteiger partial charge in [-0.2, -0.15) is 5.10 Å². The number of halogens is 1. The fourth-order valence-electron chi connectivity index (χ4n) is 2.67. The zero-order chi connectivity index (χ0) is 15.0. The molecule has 0 fully saturated rings. The Balaban J connectivity index is 2.33. The zero-order valence-corrected chi connectivity index (χ0v) is 12.0. The SMILES string of the molecule is CCCc1cc(=O)[nH]c2c1c(C)nn2-c1cccc(F)c1. The molecule has 0 aliphatic carbocycles. The molecule has 1 aromatic carbocycles. The predicted octanol–water partition coefficient (Wildman–Crippen LogP) is 3.11. The summed E-state index contributed by atoms with van der Waals surface area (Å²) in [6, 6.07) is 7.79. The van der Waals surface area contributed by atoms with E-state index >= 15 is 0 Å². The number of hydrogen-bond donors (Lipinski definition) is 1. The fraction of sp³-hybridized carbons (Fsp3) is 0.250. The van der Waals surface area contributed by atoms with Crippen LogP contribution in [0.3, 0.4) is 0 Å². The number of H-pyrrole nitrogens is 1. The summed E-state index contributed by atoms with van der Waals surface area (Å²) in [4.78, 5) is 14.7. The molecule has 4 nitrogen and oxygen atoms in total. The van der Waals surface area contributed by atoms with Crippen molar-refractivity contribution < 1.29 is 4.39 Å². The zero-order valence-electron chi connectivity index (χ0n) is 12.0. The molecule has 2 aromatic heterocycles. The number of hydrogen-bond acceptors (Lipinski definition) is 2. The number of benzene rings is 1. The van der Waals surface area contributed by atoms with Gasteiger partial charge in [-0.3, -0.25) is 4.79 Å². The molecule has 0 aliphatic rings. The van der Waals surface area contributed by atoms with Crippen LogP contribution in [0, 0.1) is 12.7 Å². The highest BCUT2D eigenvalue weighted by molar-refractivity contribution is 5.83. The fourth-order valence-corrected chi connectivity index (χ4v) is 2.67. The van der Waals surface area contributed by atoms with Gasteiger partial charge in [0, 0.05) is 11.5 Å². The van der Waals surface area contributed by atoms with Crippen molar-refractivity contribution in [2.45, 2.75) is 26.7 Å². The van der Waals surface area contributed by atoms with Crippen molar-refractivity contribution >= 4 is 11.0 Å². The molecule has 5 heteroatoms. The van der Waals surface area contributed by atoms with Gasteiger partial charge in [-0.25, -0.2) is 9.07 Å². The Kier molecular flexibility index (Phi) is 3.33. The smallest absolute Gasteiger partial charge is 0.249 e. The summed E-state index contributed by atoms with van der Waals surface area (Å²) in [6.07, 6.45) is 1.76. The first-order valence-electron chi connectivity index (χ1n) is 6.97. The lowest BCUT2D eigenvalue weighted by atomic mass is 10.1. The number of fused-ring (bicyclic) bond motifs is 1. The van der Waals surface area contributed by atoms with Crippen LogP contribution in [0.5, 0.6) is 0 Å². The van der Waals surface area contributed by atoms with Crippen molar-refractivity contribution in [1.29, 1.82) is 0 Å². The molecule has 3 rings (SSSR count). The molecule has 21 heavy (non-hydrogen) atoms. The van der Waals surface area contributed by atoms with Crippen LogP contribution in [0.4, 0.5) is 4.39 Å². The van der Waals surface area contributed by atoms with Crippen molar-refractivity contribution in [2.24, 2.45) is 0 Å². The van der Waals surface area contributed by atoms with E-state index in [-0.39, 0.29) is 11.4 Å². The number of aromatic nitrogens is 3. The van der Waals surface area contributed by atoms with Crippen molar-refractivity contribution in [3.05, 3.63) is 57.8 Å². The molecule has 108 valence electrons. The Bertz CT molecular complexity index is 864. The first-order valence-corrected chi connectivity index (χ1v) is 6.97. The second kappa shape index (κ2) is 5.16. The number of pyridine rings is 1. The van der Waals surface area contributed by atoms with Crippen molar-refractivity contribution in [3.63, 3.8) is 0 Å². The number of nitrogens with zero attached hydrogens (tertiary/aromatic N) is 2. The highest BCUT2D eigenvalue weighted by atomic mass is 19.1. The molecular formula is C16H16FN3O. The summed E-state index contributed by atoms with van der Waals surface area (Å²) in [6.45, 7) is 3.97. The molecule has 0 atom stereocenters. The van der Waals surface area contributed by atoms with Crippen LogP contribution in [-0.4, -0.2) is 14.8 Å². The Morgan fingerprint density at radius 3 is 2.86 bits per heavy atom. The van der Waals surface area contributed by atoms with E-state index in [1.165, 1.54) is 12.1 Å². The van der Waals surface area contributed by atoms with E-state index in [2.05, 4.69) is 17.0 Å². The standard InChI is InChI=1S/C16H16FN3O/c1-3-5-11-8-14(21)18-16-15(11)10(2)19-20(16)13-7-4-6-12(17)9-13/h4,6-9H,3,5H2,1-2H3,(H,18,21). The van der Waals surface area contributed by atoms with Gasteiger partial charge in [-0.1, -0.05) is 19.4 Å². The lowest BCUT2D eigenvalue weighted by Crippen LogP contribution is -2.09. The van der Waals surface area contributed by atoms with Gasteiger partial charge in [0.05, 0.1) is 11.4 Å². The van der Waals surface area contributed by atoms with Crippen molar-refractivity contribution in [2.75, 3.05) is 0 Å². The van der Waals surface area contributed by atoms with Crippen LogP contribution in [0.1, 0.15) is 24.6 Å². The largest absolute Gasteiger partial charge is 0.306 e. The molecular weight excluding hydrogens is 269 g/mol. The van der Waals surface area contributed by atoms with E-state index in [9.17, 15) is 9.18 Å². The minimum Gasteiger partial charge on any atom is -0.306 e. The lowest BCUT2D eigenvalue weighted by molar-refractivity contribution is 0.625. The van der Waals surface area contributed by atoms with E-state index in [0.29, 0.717) is 11.3 Å². The number of rotatable bonds is 3. The Morgan fingerprint density at radius 2 is 2.14 bits per heavy atom. The van der Waals surface area contributed by atoms with Gasteiger partial charge in [0.2, 0.25) is 5.56 Å². The van der Waals surface area contributed by atoms with Gasteiger partial charge in [0.1, 0.15) is 11.5 Å². The second-order valence-corrected chi connectivity index (χ2v) is 5.11. The van der Waals surface area contributed by atoms with E-state index in [1.807, 2.05) is 6.92 Å². The van der Waals surface area contributed by atoms with Crippen LogP contribution in [0.2, 0.25) is 0 Å². The van der Waals surface area contributed by atoms with Gasteiger partial charge in [-0.15, -0.1) is 0 Å². The summed E-state index contributed by atoms with van der Waals surface area (Å²) >= 11 is 0. The molecule has 1 N–H and O–H groups in total. The lowest BCUT2D eigenvalue weighted by Gasteiger charge is -2.05.